The van der Waals surface area contributed by atoms with Crippen LogP contribution >= 0.6 is 0 Å². The average Bonchev–Trinajstić information content (AvgIpc) is 3.75. The normalized spacial score (nSPS) is 18.7. The van der Waals surface area contributed by atoms with E-state index < -0.39 is 12.7 Å². The van der Waals surface area contributed by atoms with Crippen molar-refractivity contribution >= 4 is 12.6 Å². The van der Waals surface area contributed by atoms with Crippen LogP contribution in [-0.4, -0.2) is 38.6 Å². The minimum Gasteiger partial charge on any atom is -0.485 e. The zero-order valence-corrected chi connectivity index (χ0v) is 30.4. The Morgan fingerprint density at radius 2 is 1.15 bits per heavy atom. The van der Waals surface area contributed by atoms with Crippen LogP contribution in [0.25, 0.3) is 0 Å². The molecule has 0 spiro atoms. The van der Waals surface area contributed by atoms with Gasteiger partial charge in [-0.05, 0) is 60.0 Å². The Hall–Kier alpha value is -4.86. The van der Waals surface area contributed by atoms with Gasteiger partial charge in [0, 0.05) is 12.2 Å². The molecule has 0 N–H and O–H groups in total. The predicted molar refractivity (Wildman–Crippen MR) is 208 cm³/mol. The molecular weight excluding hydrogens is 663 g/mol. The molecule has 2 heterocycles. The molecule has 8 heteroatoms. The lowest BCUT2D eigenvalue weighted by molar-refractivity contribution is -0.145. The van der Waals surface area contributed by atoms with Gasteiger partial charge in [-0.1, -0.05) is 133 Å². The molecule has 2 aliphatic heterocycles. The third-order valence-corrected chi connectivity index (χ3v) is 9.63. The van der Waals surface area contributed by atoms with Gasteiger partial charge in [0.05, 0.1) is 25.9 Å². The van der Waals surface area contributed by atoms with E-state index in [9.17, 15) is 0 Å². The van der Waals surface area contributed by atoms with Crippen molar-refractivity contribution in [1.82, 2.24) is 0 Å². The van der Waals surface area contributed by atoms with Crippen LogP contribution in [0.5, 0.6) is 17.2 Å². The van der Waals surface area contributed by atoms with E-state index in [2.05, 4.69) is 43.3 Å². The van der Waals surface area contributed by atoms with Gasteiger partial charge in [0.25, 0.3) is 0 Å². The molecule has 0 saturated carbocycles. The van der Waals surface area contributed by atoms with Crippen LogP contribution in [0, 0.1) is 0 Å². The largest absolute Gasteiger partial charge is 0.494 e. The van der Waals surface area contributed by atoms with Gasteiger partial charge in [-0.3, -0.25) is 0 Å². The first-order chi connectivity index (χ1) is 26.1. The van der Waals surface area contributed by atoms with Gasteiger partial charge in [-0.15, -0.1) is 0 Å². The Bertz CT molecular complexity index is 1880. The minimum atomic E-state index is -0.607. The van der Waals surface area contributed by atoms with Crippen molar-refractivity contribution in [2.45, 2.75) is 64.3 Å². The van der Waals surface area contributed by atoms with Gasteiger partial charge in [0.15, 0.2) is 11.5 Å². The fourth-order valence-electron chi connectivity index (χ4n) is 6.75. The van der Waals surface area contributed by atoms with Crippen molar-refractivity contribution in [3.8, 4) is 17.2 Å². The number of hydrogen-bond acceptors (Lipinski definition) is 7. The molecule has 2 aliphatic rings. The molecule has 2 fully saturated rings. The van der Waals surface area contributed by atoms with Gasteiger partial charge in [0.2, 0.25) is 5.75 Å². The van der Waals surface area contributed by atoms with Crippen LogP contribution in [0.3, 0.4) is 0 Å². The highest BCUT2D eigenvalue weighted by Gasteiger charge is 2.37. The predicted octanol–water partition coefficient (Wildman–Crippen LogP) is 8.42. The number of benzene rings is 5. The summed E-state index contributed by atoms with van der Waals surface area (Å²) >= 11 is 0. The van der Waals surface area contributed by atoms with Crippen molar-refractivity contribution in [2.24, 2.45) is 0 Å². The maximum atomic E-state index is 6.81. The summed E-state index contributed by atoms with van der Waals surface area (Å²) < 4.78 is 45.3. The summed E-state index contributed by atoms with van der Waals surface area (Å²) in [6.07, 6.45) is 6.58. The lowest BCUT2D eigenvalue weighted by atomic mass is 9.74. The number of allylic oxidation sites excluding steroid dienone is 1. The smallest absolute Gasteiger partial charge is 0.485 e. The van der Waals surface area contributed by atoms with E-state index in [1.165, 1.54) is 0 Å². The summed E-state index contributed by atoms with van der Waals surface area (Å²) in [6.45, 7) is 5.35. The Balaban J connectivity index is 1.26. The van der Waals surface area contributed by atoms with E-state index in [1.54, 1.807) is 0 Å². The summed E-state index contributed by atoms with van der Waals surface area (Å²) in [5, 5.41) is 0. The molecule has 0 aliphatic carbocycles. The lowest BCUT2D eigenvalue weighted by Crippen LogP contribution is -2.45. The highest BCUT2D eigenvalue weighted by atomic mass is 16.6. The Kier molecular flexibility index (Phi) is 12.6. The molecule has 0 bridgehead atoms. The van der Waals surface area contributed by atoms with E-state index in [4.69, 9.17) is 33.0 Å². The fraction of sp³-hybridized carbons (Fsp3) is 0.289. The molecule has 2 unspecified atom stereocenters. The van der Waals surface area contributed by atoms with Gasteiger partial charge in [-0.25, -0.2) is 0 Å². The monoisotopic (exact) mass is 710 g/mol. The molecule has 7 nitrogen and oxygen atoms in total. The highest BCUT2D eigenvalue weighted by Crippen LogP contribution is 2.42. The molecule has 2 saturated heterocycles. The van der Waals surface area contributed by atoms with E-state index in [1.807, 2.05) is 103 Å². The van der Waals surface area contributed by atoms with E-state index in [0.29, 0.717) is 69.9 Å². The first-order valence-corrected chi connectivity index (χ1v) is 18.5. The third-order valence-electron chi connectivity index (χ3n) is 9.63. The second kappa shape index (κ2) is 18.3. The molecule has 7 rings (SSSR count). The first kappa shape index (κ1) is 36.5. The number of rotatable bonds is 16. The molecule has 5 aromatic rings. The second-order valence-electron chi connectivity index (χ2n) is 13.6. The van der Waals surface area contributed by atoms with Crippen LogP contribution < -0.4 is 19.7 Å². The second-order valence-corrected chi connectivity index (χ2v) is 13.6. The summed E-state index contributed by atoms with van der Waals surface area (Å²) in [6, 6.07) is 42.7. The molecule has 0 radical (unpaired) electrons. The molecule has 0 amide bonds. The molecule has 272 valence electrons. The van der Waals surface area contributed by atoms with Gasteiger partial charge in [-0.2, -0.15) is 0 Å². The van der Waals surface area contributed by atoms with E-state index >= 15 is 0 Å². The minimum absolute atomic E-state index is 0.0963. The Morgan fingerprint density at radius 1 is 0.642 bits per heavy atom. The van der Waals surface area contributed by atoms with Crippen molar-refractivity contribution in [2.75, 3.05) is 19.8 Å². The Labute approximate surface area is 313 Å². The maximum Gasteiger partial charge on any atom is 0.494 e. The van der Waals surface area contributed by atoms with Crippen LogP contribution in [-0.2, 0) is 51.6 Å². The number of hydrogen-bond donors (Lipinski definition) is 0. The summed E-state index contributed by atoms with van der Waals surface area (Å²) in [5.41, 5.74) is 5.40. The van der Waals surface area contributed by atoms with Crippen molar-refractivity contribution in [3.05, 3.63) is 167 Å². The van der Waals surface area contributed by atoms with Gasteiger partial charge in [0.1, 0.15) is 25.4 Å². The van der Waals surface area contributed by atoms with Gasteiger partial charge < -0.3 is 33.0 Å². The Morgan fingerprint density at radius 3 is 1.72 bits per heavy atom. The molecule has 5 aromatic carbocycles. The summed E-state index contributed by atoms with van der Waals surface area (Å²) in [4.78, 5) is 0. The fourth-order valence-corrected chi connectivity index (χ4v) is 6.75. The van der Waals surface area contributed by atoms with Crippen LogP contribution in [0.1, 0.15) is 47.6 Å². The van der Waals surface area contributed by atoms with Crippen molar-refractivity contribution in [3.63, 3.8) is 0 Å². The van der Waals surface area contributed by atoms with Crippen molar-refractivity contribution < 1.29 is 33.0 Å². The van der Waals surface area contributed by atoms with Crippen LogP contribution in [0.2, 0.25) is 0 Å². The molecular formula is C45H47BO7. The zero-order chi connectivity index (χ0) is 36.1. The van der Waals surface area contributed by atoms with Gasteiger partial charge >= 0.3 is 7.12 Å². The third kappa shape index (κ3) is 9.77. The van der Waals surface area contributed by atoms with E-state index in [-0.39, 0.29) is 6.10 Å². The standard InChI is InChI=1S/C45H47BO7/c1-45(42(25-15-27-51-45)48-32-36-18-8-3-9-19-36)26-14-24-39-40(46-52-28-29-53-46)30-41(47-31-35-16-6-2-7-17-35)44(50-34-38-22-12-5-13-23-38)43(39)49-33-37-20-10-4-11-21-37/h2-14,16-23,26,30,42H,15,24-25,27-29,31-34H2,1H3. The summed E-state index contributed by atoms with van der Waals surface area (Å²) in [5.74, 6) is 1.70. The summed E-state index contributed by atoms with van der Waals surface area (Å²) in [7, 11) is -0.580. The zero-order valence-electron chi connectivity index (χ0n) is 30.4. The van der Waals surface area contributed by atoms with Crippen LogP contribution in [0.4, 0.5) is 0 Å². The molecule has 53 heavy (non-hydrogen) atoms. The SMILES string of the molecule is CC1(C=CCc2c(B3OCCO3)cc(OCc3ccccc3)c(OCc3ccccc3)c2OCc2ccccc2)OCCCC1OCc1ccccc1. The molecule has 2 atom stereocenters. The lowest BCUT2D eigenvalue weighted by Gasteiger charge is -2.39. The van der Waals surface area contributed by atoms with Crippen LogP contribution in [0.15, 0.2) is 140 Å². The maximum absolute atomic E-state index is 6.81. The van der Waals surface area contributed by atoms with E-state index in [0.717, 1.165) is 46.1 Å². The quantitative estimate of drug-likeness (QED) is 0.0753. The first-order valence-electron chi connectivity index (χ1n) is 18.5. The highest BCUT2D eigenvalue weighted by molar-refractivity contribution is 6.62. The topological polar surface area (TPSA) is 64.6 Å². The number of ether oxygens (including phenoxy) is 5. The average molecular weight is 711 g/mol. The van der Waals surface area contributed by atoms with Crippen molar-refractivity contribution in [1.29, 1.82) is 0 Å². The molecule has 0 aromatic heterocycles.